The summed E-state index contributed by atoms with van der Waals surface area (Å²) >= 11 is 0. The fourth-order valence-corrected chi connectivity index (χ4v) is 14.2. The molecule has 0 aromatic rings. The van der Waals surface area contributed by atoms with Crippen molar-refractivity contribution in [2.45, 2.75) is 446 Å². The van der Waals surface area contributed by atoms with Crippen molar-refractivity contribution < 1.29 is 80.2 Å². The Hall–Kier alpha value is -1.94. The summed E-state index contributed by atoms with van der Waals surface area (Å²) in [5.74, 6) is 0.193. The van der Waals surface area contributed by atoms with Crippen LogP contribution in [0.5, 0.6) is 0 Å². The molecule has 0 aliphatic heterocycles. The van der Waals surface area contributed by atoms with Gasteiger partial charge in [-0.2, -0.15) is 0 Å². The second kappa shape index (κ2) is 72.3. The summed E-state index contributed by atoms with van der Waals surface area (Å²) in [4.78, 5) is 73.0. The maximum Gasteiger partial charge on any atom is 0.472 e. The van der Waals surface area contributed by atoms with Crippen molar-refractivity contribution in [2.75, 3.05) is 39.6 Å². The maximum absolute atomic E-state index is 13.1. The molecule has 0 heterocycles. The zero-order valence-corrected chi connectivity index (χ0v) is 68.2. The second-order valence-corrected chi connectivity index (χ2v) is 33.6. The predicted molar refractivity (Wildman–Crippen MR) is 414 cm³/mol. The first-order valence-corrected chi connectivity index (χ1v) is 45.4. The molecule has 0 spiro atoms. The topological polar surface area (TPSA) is 237 Å². The zero-order valence-electron chi connectivity index (χ0n) is 66.4. The first-order chi connectivity index (χ1) is 48.8. The van der Waals surface area contributed by atoms with Gasteiger partial charge in [-0.1, -0.05) is 376 Å². The number of carbonyl (C=O) groups is 4. The van der Waals surface area contributed by atoms with E-state index in [2.05, 4.69) is 48.5 Å². The highest BCUT2D eigenvalue weighted by Crippen LogP contribution is 2.45. The van der Waals surface area contributed by atoms with Crippen molar-refractivity contribution in [1.29, 1.82) is 0 Å². The molecule has 600 valence electrons. The van der Waals surface area contributed by atoms with E-state index in [0.29, 0.717) is 25.7 Å². The molecule has 0 aromatic carbocycles. The first kappa shape index (κ1) is 99.1. The number of phosphoric ester groups is 2. The fraction of sp³-hybridized carbons (Fsp3) is 0.951. The Bertz CT molecular complexity index is 1960. The molecule has 0 aliphatic carbocycles. The molecular weight excluding hydrogens is 1320 g/mol. The standard InChI is InChI=1S/C82H160O17P2/c1-8-10-11-12-13-14-15-16-17-18-19-20-24-27-30-33-42-49-56-63-79(84)92-69-77(98-81(86)65-58-51-44-34-31-28-25-22-21-23-26-29-32-39-46-53-60-73(3)4)71-96-100(88,89)94-67-76(83)68-95-101(90,91)97-72-78(70-93-80(85)64-57-50-43-37-35-40-47-54-61-74(5)6)99-82(87)66-59-52-45-38-36-41-48-55-62-75(7)9-2/h73-78,83H,8-72H2,1-7H3,(H,88,89)(H,90,91)/t75?,76-,77-,78-/m1/s1. The van der Waals surface area contributed by atoms with Crippen LogP contribution in [0, 0.1) is 17.8 Å². The third-order valence-electron chi connectivity index (χ3n) is 19.5. The molecule has 0 fully saturated rings. The number of esters is 4. The van der Waals surface area contributed by atoms with Gasteiger partial charge in [-0.3, -0.25) is 37.3 Å². The summed E-state index contributed by atoms with van der Waals surface area (Å²) in [6.45, 7) is 11.9. The molecule has 0 amide bonds. The van der Waals surface area contributed by atoms with Gasteiger partial charge in [0.15, 0.2) is 12.2 Å². The molecule has 0 bridgehead atoms. The van der Waals surface area contributed by atoms with Gasteiger partial charge < -0.3 is 33.8 Å². The Morgan fingerprint density at radius 3 is 0.752 bits per heavy atom. The number of unbranched alkanes of at least 4 members (excludes halogenated alkanes) is 47. The molecule has 0 radical (unpaired) electrons. The molecule has 0 saturated carbocycles. The van der Waals surface area contributed by atoms with Crippen LogP contribution in [0.2, 0.25) is 0 Å². The maximum atomic E-state index is 13.1. The SMILES string of the molecule is CCCCCCCCCCCCCCCCCCCCCC(=O)OC[C@H](COP(=O)(O)OC[C@@H](O)COP(=O)(O)OC[C@@H](COC(=O)CCCCCCCCCCC(C)C)OC(=O)CCCCCCCCCCC(C)CC)OC(=O)CCCCCCCCCCCCCCCCCCC(C)C. The normalized spacial score (nSPS) is 14.2. The van der Waals surface area contributed by atoms with Crippen molar-refractivity contribution in [2.24, 2.45) is 17.8 Å². The number of carbonyl (C=O) groups excluding carboxylic acids is 4. The second-order valence-electron chi connectivity index (χ2n) is 30.7. The highest BCUT2D eigenvalue weighted by atomic mass is 31.2. The third-order valence-corrected chi connectivity index (χ3v) is 21.4. The lowest BCUT2D eigenvalue weighted by molar-refractivity contribution is -0.161. The molecule has 0 rings (SSSR count). The van der Waals surface area contributed by atoms with Crippen LogP contribution >= 0.6 is 15.6 Å². The Balaban J connectivity index is 5.24. The van der Waals surface area contributed by atoms with Crippen LogP contribution in [0.3, 0.4) is 0 Å². The van der Waals surface area contributed by atoms with Crippen LogP contribution in [0.1, 0.15) is 427 Å². The van der Waals surface area contributed by atoms with Crippen molar-refractivity contribution in [3.05, 3.63) is 0 Å². The van der Waals surface area contributed by atoms with Gasteiger partial charge in [0.2, 0.25) is 0 Å². The highest BCUT2D eigenvalue weighted by Gasteiger charge is 2.30. The average Bonchev–Trinajstić information content (AvgIpc) is 0.935. The third kappa shape index (κ3) is 74.7. The number of rotatable bonds is 80. The molecule has 0 aliphatic rings. The Morgan fingerprint density at radius 1 is 0.287 bits per heavy atom. The number of hydrogen-bond acceptors (Lipinski definition) is 15. The fourth-order valence-electron chi connectivity index (χ4n) is 12.6. The van der Waals surface area contributed by atoms with Crippen LogP contribution in [0.25, 0.3) is 0 Å². The van der Waals surface area contributed by atoms with Gasteiger partial charge in [0.05, 0.1) is 26.4 Å². The smallest absolute Gasteiger partial charge is 0.462 e. The van der Waals surface area contributed by atoms with Crippen LogP contribution in [-0.2, 0) is 65.4 Å². The molecule has 3 unspecified atom stereocenters. The van der Waals surface area contributed by atoms with Crippen LogP contribution in [0.15, 0.2) is 0 Å². The first-order valence-electron chi connectivity index (χ1n) is 42.4. The van der Waals surface area contributed by atoms with E-state index in [4.69, 9.17) is 37.0 Å². The largest absolute Gasteiger partial charge is 0.472 e. The molecule has 17 nitrogen and oxygen atoms in total. The van der Waals surface area contributed by atoms with Gasteiger partial charge in [0.1, 0.15) is 19.3 Å². The number of aliphatic hydroxyl groups excluding tert-OH is 1. The van der Waals surface area contributed by atoms with E-state index in [1.165, 1.54) is 238 Å². The van der Waals surface area contributed by atoms with Crippen LogP contribution in [-0.4, -0.2) is 96.7 Å². The molecule has 101 heavy (non-hydrogen) atoms. The zero-order chi connectivity index (χ0) is 74.4. The van der Waals surface area contributed by atoms with E-state index >= 15 is 0 Å². The summed E-state index contributed by atoms with van der Waals surface area (Å²) in [6, 6.07) is 0. The molecule has 6 atom stereocenters. The monoisotopic (exact) mass is 1480 g/mol. The minimum absolute atomic E-state index is 0.105. The quantitative estimate of drug-likeness (QED) is 0.0222. The van der Waals surface area contributed by atoms with Crippen LogP contribution in [0.4, 0.5) is 0 Å². The minimum Gasteiger partial charge on any atom is -0.462 e. The minimum atomic E-state index is -4.96. The van der Waals surface area contributed by atoms with Crippen molar-refractivity contribution in [3.8, 4) is 0 Å². The lowest BCUT2D eigenvalue weighted by Crippen LogP contribution is -2.30. The summed E-state index contributed by atoms with van der Waals surface area (Å²) in [5.41, 5.74) is 0. The molecule has 19 heteroatoms. The molecule has 0 saturated heterocycles. The summed E-state index contributed by atoms with van der Waals surface area (Å²) in [5, 5.41) is 10.6. The van der Waals surface area contributed by atoms with E-state index in [9.17, 15) is 43.2 Å². The number of hydrogen-bond donors (Lipinski definition) is 3. The highest BCUT2D eigenvalue weighted by molar-refractivity contribution is 7.47. The lowest BCUT2D eigenvalue weighted by Gasteiger charge is -2.21. The van der Waals surface area contributed by atoms with Crippen LogP contribution < -0.4 is 0 Å². The van der Waals surface area contributed by atoms with Gasteiger partial charge in [-0.05, 0) is 43.4 Å². The van der Waals surface area contributed by atoms with Crippen molar-refractivity contribution in [3.63, 3.8) is 0 Å². The van der Waals surface area contributed by atoms with Gasteiger partial charge in [-0.15, -0.1) is 0 Å². The van der Waals surface area contributed by atoms with Crippen molar-refractivity contribution >= 4 is 39.5 Å². The number of aliphatic hydroxyl groups is 1. The van der Waals surface area contributed by atoms with Gasteiger partial charge in [0.25, 0.3) is 0 Å². The van der Waals surface area contributed by atoms with Gasteiger partial charge in [0, 0.05) is 25.7 Å². The van der Waals surface area contributed by atoms with Gasteiger partial charge >= 0.3 is 39.5 Å². The summed E-state index contributed by atoms with van der Waals surface area (Å²) in [6.07, 6.45) is 61.1. The average molecular weight is 1480 g/mol. The van der Waals surface area contributed by atoms with Crippen molar-refractivity contribution in [1.82, 2.24) is 0 Å². The van der Waals surface area contributed by atoms with E-state index < -0.39 is 97.5 Å². The van der Waals surface area contributed by atoms with E-state index in [-0.39, 0.29) is 25.7 Å². The summed E-state index contributed by atoms with van der Waals surface area (Å²) < 4.78 is 68.7. The van der Waals surface area contributed by atoms with E-state index in [0.717, 1.165) is 108 Å². The van der Waals surface area contributed by atoms with Gasteiger partial charge in [-0.25, -0.2) is 9.13 Å². The Labute approximate surface area is 619 Å². The molecule has 3 N–H and O–H groups in total. The summed E-state index contributed by atoms with van der Waals surface area (Å²) in [7, 11) is -9.92. The number of ether oxygens (including phenoxy) is 4. The Morgan fingerprint density at radius 2 is 0.505 bits per heavy atom. The number of phosphoric acid groups is 2. The lowest BCUT2D eigenvalue weighted by atomic mass is 9.99. The molecular formula is C82H160O17P2. The van der Waals surface area contributed by atoms with E-state index in [1.807, 2.05) is 0 Å². The Kier molecular flexibility index (Phi) is 70.9. The predicted octanol–water partition coefficient (Wildman–Crippen LogP) is 24.5. The molecule has 0 aromatic heterocycles. The van der Waals surface area contributed by atoms with E-state index in [1.54, 1.807) is 0 Å².